The van der Waals surface area contributed by atoms with Gasteiger partial charge in [-0.25, -0.2) is 0 Å². The number of rotatable bonds is 5. The van der Waals surface area contributed by atoms with Crippen molar-refractivity contribution in [1.82, 2.24) is 0 Å². The number of halogens is 2. The van der Waals surface area contributed by atoms with Gasteiger partial charge in [0.15, 0.2) is 11.4 Å². The van der Waals surface area contributed by atoms with Crippen molar-refractivity contribution in [2.75, 3.05) is 4.90 Å². The van der Waals surface area contributed by atoms with E-state index in [1.165, 1.54) is 4.90 Å². The normalized spacial score (nSPS) is 18.0. The standard InChI is InChI=1S/C23H17Cl2NO3/c24-18-10-4-1-7-15(18)14-26-20-12-6-3-9-17(20)23(29,22(26)28)13-21(27)16-8-2-5-11-19(16)25/h1-12,29H,13-14H2. The van der Waals surface area contributed by atoms with Gasteiger partial charge in [0.1, 0.15) is 0 Å². The molecule has 4 nitrogen and oxygen atoms in total. The maximum atomic E-state index is 13.3. The van der Waals surface area contributed by atoms with E-state index in [1.807, 2.05) is 18.2 Å². The molecule has 4 rings (SSSR count). The molecule has 0 aliphatic carbocycles. The maximum absolute atomic E-state index is 13.3. The minimum absolute atomic E-state index is 0.193. The molecule has 29 heavy (non-hydrogen) atoms. The van der Waals surface area contributed by atoms with Crippen molar-refractivity contribution in [2.24, 2.45) is 0 Å². The SMILES string of the molecule is O=C(CC1(O)C(=O)N(Cc2ccccc2Cl)c2ccccc21)c1ccccc1Cl. The third-order valence-electron chi connectivity index (χ3n) is 5.12. The van der Waals surface area contributed by atoms with Crippen LogP contribution in [0.3, 0.4) is 0 Å². The lowest BCUT2D eigenvalue weighted by molar-refractivity contribution is -0.136. The number of ketones is 1. The van der Waals surface area contributed by atoms with Gasteiger partial charge in [-0.05, 0) is 29.8 Å². The van der Waals surface area contributed by atoms with Crippen LogP contribution in [0.4, 0.5) is 5.69 Å². The summed E-state index contributed by atoms with van der Waals surface area (Å²) in [5.41, 5.74) is 0.0226. The fraction of sp³-hybridized carbons (Fsp3) is 0.130. The van der Waals surface area contributed by atoms with E-state index >= 15 is 0 Å². The smallest absolute Gasteiger partial charge is 0.264 e. The summed E-state index contributed by atoms with van der Waals surface area (Å²) in [5, 5.41) is 12.2. The predicted octanol–water partition coefficient (Wildman–Crippen LogP) is 5.00. The van der Waals surface area contributed by atoms with Crippen LogP contribution in [-0.4, -0.2) is 16.8 Å². The Morgan fingerprint density at radius 3 is 2.24 bits per heavy atom. The minimum atomic E-state index is -1.96. The highest BCUT2D eigenvalue weighted by Gasteiger charge is 2.50. The molecule has 1 amide bonds. The molecule has 6 heteroatoms. The zero-order valence-corrected chi connectivity index (χ0v) is 16.8. The summed E-state index contributed by atoms with van der Waals surface area (Å²) in [6.07, 6.45) is -0.397. The Morgan fingerprint density at radius 2 is 1.52 bits per heavy atom. The van der Waals surface area contributed by atoms with Gasteiger partial charge in [-0.1, -0.05) is 71.7 Å². The summed E-state index contributed by atoms with van der Waals surface area (Å²) in [5.74, 6) is -0.958. The lowest BCUT2D eigenvalue weighted by atomic mass is 9.88. The highest BCUT2D eigenvalue weighted by molar-refractivity contribution is 6.34. The van der Waals surface area contributed by atoms with Crippen LogP contribution in [0.15, 0.2) is 72.8 Å². The van der Waals surface area contributed by atoms with Crippen molar-refractivity contribution < 1.29 is 14.7 Å². The Kier molecular flexibility index (Phi) is 5.17. The molecule has 3 aromatic carbocycles. The molecule has 3 aromatic rings. The predicted molar refractivity (Wildman–Crippen MR) is 113 cm³/mol. The lowest BCUT2D eigenvalue weighted by Gasteiger charge is -2.23. The van der Waals surface area contributed by atoms with Crippen LogP contribution < -0.4 is 4.90 Å². The molecular weight excluding hydrogens is 409 g/mol. The van der Waals surface area contributed by atoms with E-state index in [9.17, 15) is 14.7 Å². The Bertz CT molecular complexity index is 1110. The first-order valence-electron chi connectivity index (χ1n) is 9.07. The fourth-order valence-electron chi connectivity index (χ4n) is 3.65. The summed E-state index contributed by atoms with van der Waals surface area (Å²) >= 11 is 12.4. The number of nitrogens with zero attached hydrogens (tertiary/aromatic N) is 1. The van der Waals surface area contributed by atoms with E-state index in [-0.39, 0.29) is 17.1 Å². The first-order valence-corrected chi connectivity index (χ1v) is 9.82. The number of Topliss-reactive ketones (excluding diaryl/α,β-unsaturated/α-hetero) is 1. The van der Waals surface area contributed by atoms with E-state index in [4.69, 9.17) is 23.2 Å². The van der Waals surface area contributed by atoms with Gasteiger partial charge in [-0.3, -0.25) is 9.59 Å². The molecule has 0 saturated carbocycles. The van der Waals surface area contributed by atoms with Gasteiger partial charge >= 0.3 is 0 Å². The maximum Gasteiger partial charge on any atom is 0.264 e. The Morgan fingerprint density at radius 1 is 0.897 bits per heavy atom. The van der Waals surface area contributed by atoms with Gasteiger partial charge in [0, 0.05) is 16.1 Å². The van der Waals surface area contributed by atoms with Crippen LogP contribution >= 0.6 is 23.2 Å². The molecule has 1 atom stereocenters. The first-order chi connectivity index (χ1) is 13.9. The van der Waals surface area contributed by atoms with Crippen LogP contribution in [0.25, 0.3) is 0 Å². The Hall–Kier alpha value is -2.66. The molecule has 0 fully saturated rings. The molecule has 1 aliphatic rings. The van der Waals surface area contributed by atoms with Crippen molar-refractivity contribution in [3.05, 3.63) is 99.5 Å². The van der Waals surface area contributed by atoms with Crippen LogP contribution in [-0.2, 0) is 16.9 Å². The van der Waals surface area contributed by atoms with E-state index in [2.05, 4.69) is 0 Å². The van der Waals surface area contributed by atoms with Crippen molar-refractivity contribution in [2.45, 2.75) is 18.6 Å². The Balaban J connectivity index is 1.71. The number of anilines is 1. The monoisotopic (exact) mass is 425 g/mol. The Labute approximate surface area is 178 Å². The molecule has 1 unspecified atom stereocenters. The average Bonchev–Trinajstić information content (AvgIpc) is 2.92. The highest BCUT2D eigenvalue weighted by atomic mass is 35.5. The van der Waals surface area contributed by atoms with Gasteiger partial charge in [0.2, 0.25) is 0 Å². The number of benzene rings is 3. The summed E-state index contributed by atoms with van der Waals surface area (Å²) < 4.78 is 0. The second-order valence-corrected chi connectivity index (χ2v) is 7.75. The van der Waals surface area contributed by atoms with Crippen LogP contribution in [0.2, 0.25) is 10.0 Å². The minimum Gasteiger partial charge on any atom is -0.375 e. The summed E-state index contributed by atoms with van der Waals surface area (Å²) in [6.45, 7) is 0.193. The third kappa shape index (κ3) is 3.44. The molecule has 0 aromatic heterocycles. The molecule has 1 aliphatic heterocycles. The number of fused-ring (bicyclic) bond motifs is 1. The number of hydrogen-bond acceptors (Lipinski definition) is 3. The molecule has 1 N–H and O–H groups in total. The van der Waals surface area contributed by atoms with E-state index in [0.717, 1.165) is 5.56 Å². The molecule has 0 spiro atoms. The zero-order chi connectivity index (χ0) is 20.6. The second-order valence-electron chi connectivity index (χ2n) is 6.94. The van der Waals surface area contributed by atoms with Crippen molar-refractivity contribution in [3.63, 3.8) is 0 Å². The summed E-state index contributed by atoms with van der Waals surface area (Å²) in [6, 6.07) is 20.7. The number of aliphatic hydroxyl groups is 1. The quantitative estimate of drug-likeness (QED) is 0.585. The van der Waals surface area contributed by atoms with E-state index in [1.54, 1.807) is 54.6 Å². The number of hydrogen-bond donors (Lipinski definition) is 1. The van der Waals surface area contributed by atoms with Crippen molar-refractivity contribution in [3.8, 4) is 0 Å². The molecule has 0 saturated heterocycles. The molecular formula is C23H17Cl2NO3. The van der Waals surface area contributed by atoms with Gasteiger partial charge in [-0.2, -0.15) is 0 Å². The van der Waals surface area contributed by atoms with Crippen molar-refractivity contribution in [1.29, 1.82) is 0 Å². The molecule has 1 heterocycles. The zero-order valence-electron chi connectivity index (χ0n) is 15.3. The molecule has 146 valence electrons. The number of para-hydroxylation sites is 1. The lowest BCUT2D eigenvalue weighted by Crippen LogP contribution is -2.41. The first kappa shape index (κ1) is 19.6. The number of amides is 1. The third-order valence-corrected chi connectivity index (χ3v) is 5.81. The van der Waals surface area contributed by atoms with Crippen LogP contribution in [0, 0.1) is 0 Å². The number of carbonyl (C=O) groups excluding carboxylic acids is 2. The van der Waals surface area contributed by atoms with E-state index in [0.29, 0.717) is 16.3 Å². The van der Waals surface area contributed by atoms with Crippen molar-refractivity contribution >= 4 is 40.6 Å². The summed E-state index contributed by atoms with van der Waals surface area (Å²) in [4.78, 5) is 27.6. The fourth-order valence-corrected chi connectivity index (χ4v) is 4.08. The van der Waals surface area contributed by atoms with Gasteiger partial charge in [0.05, 0.1) is 23.7 Å². The van der Waals surface area contributed by atoms with E-state index < -0.39 is 23.7 Å². The van der Waals surface area contributed by atoms with Gasteiger partial charge in [0.25, 0.3) is 5.91 Å². The van der Waals surface area contributed by atoms with Crippen LogP contribution in [0.5, 0.6) is 0 Å². The topological polar surface area (TPSA) is 57.6 Å². The van der Waals surface area contributed by atoms with Gasteiger partial charge < -0.3 is 10.0 Å². The number of carbonyl (C=O) groups is 2. The average molecular weight is 426 g/mol. The molecule has 0 bridgehead atoms. The largest absolute Gasteiger partial charge is 0.375 e. The summed E-state index contributed by atoms with van der Waals surface area (Å²) in [7, 11) is 0. The van der Waals surface area contributed by atoms with Crippen LogP contribution in [0.1, 0.15) is 27.9 Å². The van der Waals surface area contributed by atoms with Gasteiger partial charge in [-0.15, -0.1) is 0 Å². The highest BCUT2D eigenvalue weighted by Crippen LogP contribution is 2.44. The second kappa shape index (κ2) is 7.64. The molecule has 0 radical (unpaired) electrons.